The summed E-state index contributed by atoms with van der Waals surface area (Å²) in [4.78, 5) is 12.8. The van der Waals surface area contributed by atoms with E-state index in [2.05, 4.69) is 22.3 Å². The molecule has 1 spiro atoms. The molecular formula is C25H31ClN4O2S. The fourth-order valence-corrected chi connectivity index (χ4v) is 7.62. The second-order valence-electron chi connectivity index (χ2n) is 11.3. The molecule has 3 heterocycles. The molecule has 2 aromatic rings. The number of nitrogens with one attached hydrogen (secondary N) is 1. The van der Waals surface area contributed by atoms with Crippen molar-refractivity contribution in [3.05, 3.63) is 40.5 Å². The van der Waals surface area contributed by atoms with Gasteiger partial charge in [-0.1, -0.05) is 23.7 Å². The molecule has 2 aliphatic carbocycles. The Morgan fingerprint density at radius 1 is 1.18 bits per heavy atom. The summed E-state index contributed by atoms with van der Waals surface area (Å²) in [5.74, 6) is 2.01. The Bertz CT molecular complexity index is 1110. The van der Waals surface area contributed by atoms with Crippen LogP contribution in [0, 0.1) is 5.41 Å². The largest absolute Gasteiger partial charge is 0.394 e. The molecule has 176 valence electrons. The highest BCUT2D eigenvalue weighted by Gasteiger charge is 2.54. The van der Waals surface area contributed by atoms with Crippen molar-refractivity contribution in [2.75, 3.05) is 29.9 Å². The van der Waals surface area contributed by atoms with Gasteiger partial charge in [-0.2, -0.15) is 4.98 Å². The Labute approximate surface area is 202 Å². The first kappa shape index (κ1) is 21.8. The molecule has 33 heavy (non-hydrogen) atoms. The van der Waals surface area contributed by atoms with Gasteiger partial charge in [-0.3, -0.25) is 4.21 Å². The summed E-state index contributed by atoms with van der Waals surface area (Å²) in [7, 11) is -1.17. The predicted octanol–water partition coefficient (Wildman–Crippen LogP) is 4.28. The second kappa shape index (κ2) is 7.40. The molecule has 1 saturated heterocycles. The Kier molecular flexibility index (Phi) is 4.89. The summed E-state index contributed by atoms with van der Waals surface area (Å²) in [5.41, 5.74) is 2.28. The molecule has 1 aromatic heterocycles. The van der Waals surface area contributed by atoms with Gasteiger partial charge in [0.2, 0.25) is 5.95 Å². The third-order valence-corrected chi connectivity index (χ3v) is 10.4. The van der Waals surface area contributed by atoms with Gasteiger partial charge in [-0.25, -0.2) is 4.98 Å². The zero-order valence-electron chi connectivity index (χ0n) is 19.2. The summed E-state index contributed by atoms with van der Waals surface area (Å²) in [6, 6.07) is 8.26. The number of nitrogens with zero attached hydrogens (tertiary/aromatic N) is 3. The van der Waals surface area contributed by atoms with Crippen LogP contribution in [0.2, 0.25) is 5.02 Å². The lowest BCUT2D eigenvalue weighted by Gasteiger charge is -2.59. The second-order valence-corrected chi connectivity index (χ2v) is 13.8. The minimum Gasteiger partial charge on any atom is -0.394 e. The van der Waals surface area contributed by atoms with Gasteiger partial charge in [0.25, 0.3) is 0 Å². The molecule has 8 heteroatoms. The minimum atomic E-state index is -1.17. The first-order valence-corrected chi connectivity index (χ1v) is 13.5. The molecule has 2 saturated carbocycles. The van der Waals surface area contributed by atoms with Gasteiger partial charge < -0.3 is 15.3 Å². The van der Waals surface area contributed by atoms with Crippen LogP contribution in [0.1, 0.15) is 63.1 Å². The van der Waals surface area contributed by atoms with E-state index in [0.29, 0.717) is 23.6 Å². The number of aliphatic hydroxyl groups excluding tert-OH is 1. The highest BCUT2D eigenvalue weighted by Crippen LogP contribution is 2.56. The van der Waals surface area contributed by atoms with E-state index in [1.807, 2.05) is 26.0 Å². The molecule has 2 N–H and O–H groups in total. The van der Waals surface area contributed by atoms with Crippen molar-refractivity contribution < 1.29 is 9.32 Å². The number of aromatic nitrogens is 2. The van der Waals surface area contributed by atoms with Crippen LogP contribution in [0.4, 0.5) is 11.8 Å². The van der Waals surface area contributed by atoms with Crippen molar-refractivity contribution >= 4 is 34.2 Å². The van der Waals surface area contributed by atoms with E-state index in [9.17, 15) is 9.32 Å². The fraction of sp³-hybridized carbons (Fsp3) is 0.600. The van der Waals surface area contributed by atoms with Crippen LogP contribution in [0.15, 0.2) is 29.2 Å². The van der Waals surface area contributed by atoms with E-state index in [0.717, 1.165) is 53.9 Å². The lowest BCUT2D eigenvalue weighted by Crippen LogP contribution is -2.62. The van der Waals surface area contributed by atoms with Crippen LogP contribution in [0.3, 0.4) is 0 Å². The Morgan fingerprint density at radius 3 is 2.48 bits per heavy atom. The van der Waals surface area contributed by atoms with Gasteiger partial charge in [0.05, 0.1) is 33.4 Å². The minimum absolute atomic E-state index is 0.0655. The molecular weight excluding hydrogens is 456 g/mol. The Morgan fingerprint density at radius 2 is 1.88 bits per heavy atom. The molecule has 6 rings (SSSR count). The van der Waals surface area contributed by atoms with Crippen LogP contribution >= 0.6 is 11.6 Å². The van der Waals surface area contributed by atoms with Crippen molar-refractivity contribution in [3.63, 3.8) is 0 Å². The first-order valence-electron chi connectivity index (χ1n) is 11.9. The van der Waals surface area contributed by atoms with Crippen LogP contribution in [0.5, 0.6) is 0 Å². The zero-order valence-corrected chi connectivity index (χ0v) is 20.8. The van der Waals surface area contributed by atoms with Crippen LogP contribution < -0.4 is 10.2 Å². The normalized spacial score (nSPS) is 26.3. The third kappa shape index (κ3) is 3.50. The summed E-state index contributed by atoms with van der Waals surface area (Å²) in [6.07, 6.45) is 5.96. The van der Waals surface area contributed by atoms with Crippen LogP contribution in [-0.2, 0) is 17.2 Å². The molecule has 2 aliphatic heterocycles. The van der Waals surface area contributed by atoms with Crippen molar-refractivity contribution in [1.82, 2.24) is 9.97 Å². The molecule has 4 aliphatic rings. The van der Waals surface area contributed by atoms with Gasteiger partial charge in [-0.15, -0.1) is 0 Å². The van der Waals surface area contributed by atoms with Crippen molar-refractivity contribution in [2.24, 2.45) is 5.41 Å². The zero-order chi connectivity index (χ0) is 23.0. The van der Waals surface area contributed by atoms with E-state index in [4.69, 9.17) is 21.6 Å². The lowest BCUT2D eigenvalue weighted by atomic mass is 9.56. The maximum absolute atomic E-state index is 13.2. The number of aliphatic hydroxyl groups is 1. The number of fused-ring (bicyclic) bond motifs is 1. The number of hydrogen-bond donors (Lipinski definition) is 2. The smallest absolute Gasteiger partial charge is 0.227 e. The third-order valence-electron chi connectivity index (χ3n) is 8.24. The number of halogens is 1. The average Bonchev–Trinajstić information content (AvgIpc) is 2.92. The lowest BCUT2D eigenvalue weighted by molar-refractivity contribution is 0.0619. The van der Waals surface area contributed by atoms with Gasteiger partial charge in [-0.05, 0) is 69.6 Å². The average molecular weight is 487 g/mol. The highest BCUT2D eigenvalue weighted by molar-refractivity contribution is 7.87. The molecule has 3 fully saturated rings. The van der Waals surface area contributed by atoms with E-state index in [-0.39, 0.29) is 16.9 Å². The van der Waals surface area contributed by atoms with Crippen molar-refractivity contribution in [2.45, 2.75) is 73.5 Å². The Balaban J connectivity index is 1.22. The van der Waals surface area contributed by atoms with Gasteiger partial charge >= 0.3 is 0 Å². The molecule has 0 amide bonds. The summed E-state index contributed by atoms with van der Waals surface area (Å²) in [6.45, 7) is 6.06. The molecule has 1 atom stereocenters. The van der Waals surface area contributed by atoms with E-state index < -0.39 is 10.8 Å². The summed E-state index contributed by atoms with van der Waals surface area (Å²) in [5, 5.41) is 14.3. The number of hydrogen-bond acceptors (Lipinski definition) is 6. The van der Waals surface area contributed by atoms with Crippen molar-refractivity contribution in [1.29, 1.82) is 0 Å². The topological polar surface area (TPSA) is 78.3 Å². The number of anilines is 2. The van der Waals surface area contributed by atoms with Crippen molar-refractivity contribution in [3.8, 4) is 0 Å². The Hall–Kier alpha value is -1.70. The highest BCUT2D eigenvalue weighted by atomic mass is 35.5. The SMILES string of the molecule is CC1(C)Cc2nc(N3CC4(CC(c5ccc(Cl)cc5)C4)C3)nc(NC3(CO)CCC3)c2[S@@]1=O. The van der Waals surface area contributed by atoms with Crippen LogP contribution in [0.25, 0.3) is 0 Å². The molecule has 0 radical (unpaired) electrons. The van der Waals surface area contributed by atoms with E-state index >= 15 is 0 Å². The first-order chi connectivity index (χ1) is 15.7. The quantitative estimate of drug-likeness (QED) is 0.656. The predicted molar refractivity (Wildman–Crippen MR) is 132 cm³/mol. The maximum Gasteiger partial charge on any atom is 0.227 e. The molecule has 0 bridgehead atoms. The van der Waals surface area contributed by atoms with Gasteiger partial charge in [0.15, 0.2) is 0 Å². The summed E-state index contributed by atoms with van der Waals surface area (Å²) < 4.78 is 12.9. The van der Waals surface area contributed by atoms with Gasteiger partial charge in [0, 0.05) is 29.9 Å². The number of benzene rings is 1. The number of rotatable bonds is 5. The summed E-state index contributed by atoms with van der Waals surface area (Å²) >= 11 is 6.04. The van der Waals surface area contributed by atoms with Gasteiger partial charge in [0.1, 0.15) is 10.7 Å². The van der Waals surface area contributed by atoms with E-state index in [1.54, 1.807) is 0 Å². The maximum atomic E-state index is 13.2. The molecule has 6 nitrogen and oxygen atoms in total. The van der Waals surface area contributed by atoms with Crippen LogP contribution in [-0.4, -0.2) is 49.3 Å². The molecule has 0 unspecified atom stereocenters. The van der Waals surface area contributed by atoms with E-state index in [1.165, 1.54) is 18.4 Å². The monoisotopic (exact) mass is 486 g/mol. The molecule has 1 aromatic carbocycles. The fourth-order valence-electron chi connectivity index (χ4n) is 6.07. The standard InChI is InChI=1S/C25H31ClN4O2S/c1-23(2)12-19-20(33(23)32)21(29-25(15-31)8-3-9-25)28-22(27-19)30-13-24(14-30)10-17(11-24)16-4-6-18(26)7-5-16/h4-7,17,31H,3,8-15H2,1-2H3,(H,27,28,29)/t33-/m0/s1.